The van der Waals surface area contributed by atoms with Crippen molar-refractivity contribution in [2.75, 3.05) is 33.2 Å². The Bertz CT molecular complexity index is 687. The molecule has 148 valence electrons. The number of likely N-dealkylation sites (N-methyl/N-ethyl adjacent to an activating group) is 1. The molecule has 2 fully saturated rings. The molecule has 3 atom stereocenters. The van der Waals surface area contributed by atoms with Gasteiger partial charge in [0.1, 0.15) is 0 Å². The highest BCUT2D eigenvalue weighted by Gasteiger charge is 2.38. The van der Waals surface area contributed by atoms with Crippen LogP contribution in [0.3, 0.4) is 0 Å². The largest absolute Gasteiger partial charge is 0.480 e. The third kappa shape index (κ3) is 4.79. The van der Waals surface area contributed by atoms with Crippen LogP contribution in [0.5, 0.6) is 0 Å². The SMILES string of the molecule is CN(CC(=O)O)C1CCCN(C(=O)C2CNNC2c2ccccc2Cl)CC1. The van der Waals surface area contributed by atoms with Gasteiger partial charge in [-0.1, -0.05) is 29.8 Å². The van der Waals surface area contributed by atoms with Gasteiger partial charge in [0.25, 0.3) is 0 Å². The van der Waals surface area contributed by atoms with Gasteiger partial charge in [-0.3, -0.25) is 19.9 Å². The number of likely N-dealkylation sites (tertiary alicyclic amines) is 1. The molecule has 3 N–H and O–H groups in total. The number of carbonyl (C=O) groups is 2. The highest BCUT2D eigenvalue weighted by atomic mass is 35.5. The number of nitrogens with zero attached hydrogens (tertiary/aromatic N) is 2. The molecule has 2 heterocycles. The molecule has 0 aliphatic carbocycles. The van der Waals surface area contributed by atoms with Gasteiger partial charge in [0.05, 0.1) is 18.5 Å². The van der Waals surface area contributed by atoms with Crippen LogP contribution in [-0.2, 0) is 9.59 Å². The molecule has 0 bridgehead atoms. The third-order valence-corrected chi connectivity index (χ3v) is 5.90. The third-order valence-electron chi connectivity index (χ3n) is 5.56. The second-order valence-corrected chi connectivity index (χ2v) is 7.76. The Labute approximate surface area is 164 Å². The van der Waals surface area contributed by atoms with Gasteiger partial charge < -0.3 is 10.0 Å². The first kappa shape index (κ1) is 20.1. The maximum atomic E-state index is 13.2. The molecule has 1 aromatic rings. The molecule has 3 unspecified atom stereocenters. The molecule has 2 aliphatic heterocycles. The van der Waals surface area contributed by atoms with E-state index < -0.39 is 5.97 Å². The van der Waals surface area contributed by atoms with Gasteiger partial charge in [-0.15, -0.1) is 0 Å². The highest BCUT2D eigenvalue weighted by molar-refractivity contribution is 6.31. The van der Waals surface area contributed by atoms with E-state index in [9.17, 15) is 9.59 Å². The number of hydrogen-bond acceptors (Lipinski definition) is 5. The fraction of sp³-hybridized carbons (Fsp3) is 0.579. The summed E-state index contributed by atoms with van der Waals surface area (Å²) in [6, 6.07) is 7.64. The fourth-order valence-electron chi connectivity index (χ4n) is 4.07. The monoisotopic (exact) mass is 394 g/mol. The number of amides is 1. The number of carbonyl (C=O) groups excluding carboxylic acids is 1. The summed E-state index contributed by atoms with van der Waals surface area (Å²) in [4.78, 5) is 28.0. The number of carboxylic acid groups (broad SMARTS) is 1. The second-order valence-electron chi connectivity index (χ2n) is 7.35. The first-order chi connectivity index (χ1) is 13.0. The van der Waals surface area contributed by atoms with E-state index >= 15 is 0 Å². The lowest BCUT2D eigenvalue weighted by Gasteiger charge is -2.28. The van der Waals surface area contributed by atoms with Crippen molar-refractivity contribution in [3.63, 3.8) is 0 Å². The number of halogens is 1. The van der Waals surface area contributed by atoms with E-state index in [1.54, 1.807) is 0 Å². The predicted octanol–water partition coefficient (Wildman–Crippen LogP) is 1.50. The molecule has 27 heavy (non-hydrogen) atoms. The van der Waals surface area contributed by atoms with E-state index in [0.29, 0.717) is 24.7 Å². The number of hydrazine groups is 1. The summed E-state index contributed by atoms with van der Waals surface area (Å²) >= 11 is 6.34. The van der Waals surface area contributed by atoms with Crippen LogP contribution in [-0.4, -0.2) is 66.1 Å². The molecule has 2 saturated heterocycles. The molecule has 0 aromatic heterocycles. The Morgan fingerprint density at radius 1 is 1.30 bits per heavy atom. The van der Waals surface area contributed by atoms with Gasteiger partial charge in [-0.05, 0) is 37.9 Å². The lowest BCUT2D eigenvalue weighted by atomic mass is 9.93. The Morgan fingerprint density at radius 3 is 2.81 bits per heavy atom. The topological polar surface area (TPSA) is 84.9 Å². The summed E-state index contributed by atoms with van der Waals surface area (Å²) in [5.74, 6) is -0.905. The molecule has 8 heteroatoms. The van der Waals surface area contributed by atoms with Crippen LogP contribution in [0, 0.1) is 5.92 Å². The van der Waals surface area contributed by atoms with Crippen LogP contribution in [0.1, 0.15) is 30.9 Å². The van der Waals surface area contributed by atoms with E-state index in [2.05, 4.69) is 10.9 Å². The Hall–Kier alpha value is -1.67. The standard InChI is InChI=1S/C19H27ClN4O3/c1-23(12-17(25)26)13-5-4-9-24(10-8-13)19(27)15-11-21-22-18(15)14-6-2-3-7-16(14)20/h2-3,6-7,13,15,18,21-22H,4-5,8-12H2,1H3,(H,25,26). The predicted molar refractivity (Wildman–Crippen MR) is 103 cm³/mol. The summed E-state index contributed by atoms with van der Waals surface area (Å²) in [5, 5.41) is 9.65. The molecule has 0 radical (unpaired) electrons. The number of hydrogen-bond donors (Lipinski definition) is 3. The average molecular weight is 395 g/mol. The van der Waals surface area contributed by atoms with Crippen molar-refractivity contribution < 1.29 is 14.7 Å². The quantitative estimate of drug-likeness (QED) is 0.702. The lowest BCUT2D eigenvalue weighted by molar-refractivity contribution is -0.139. The molecule has 0 saturated carbocycles. The van der Waals surface area contributed by atoms with Crippen LogP contribution < -0.4 is 10.9 Å². The molecule has 3 rings (SSSR count). The normalized spacial score (nSPS) is 26.2. The van der Waals surface area contributed by atoms with Crippen molar-refractivity contribution in [3.8, 4) is 0 Å². The van der Waals surface area contributed by atoms with E-state index in [0.717, 1.165) is 24.8 Å². The number of rotatable bonds is 5. The summed E-state index contributed by atoms with van der Waals surface area (Å²) in [6.07, 6.45) is 2.58. The van der Waals surface area contributed by atoms with E-state index in [1.807, 2.05) is 41.1 Å². The smallest absolute Gasteiger partial charge is 0.317 e. The van der Waals surface area contributed by atoms with Crippen molar-refractivity contribution in [1.29, 1.82) is 0 Å². The van der Waals surface area contributed by atoms with Crippen molar-refractivity contribution in [3.05, 3.63) is 34.9 Å². The van der Waals surface area contributed by atoms with Crippen molar-refractivity contribution in [2.24, 2.45) is 5.92 Å². The van der Waals surface area contributed by atoms with Gasteiger partial charge in [0, 0.05) is 30.7 Å². The van der Waals surface area contributed by atoms with Gasteiger partial charge >= 0.3 is 5.97 Å². The summed E-state index contributed by atoms with van der Waals surface area (Å²) in [7, 11) is 1.84. The summed E-state index contributed by atoms with van der Waals surface area (Å²) in [6.45, 7) is 1.96. The van der Waals surface area contributed by atoms with Crippen LogP contribution in [0.4, 0.5) is 0 Å². The first-order valence-electron chi connectivity index (χ1n) is 9.41. The van der Waals surface area contributed by atoms with Crippen LogP contribution >= 0.6 is 11.6 Å². The van der Waals surface area contributed by atoms with Crippen LogP contribution in [0.25, 0.3) is 0 Å². The number of nitrogens with one attached hydrogen (secondary N) is 2. The molecule has 0 spiro atoms. The van der Waals surface area contributed by atoms with E-state index in [-0.39, 0.29) is 30.5 Å². The lowest BCUT2D eigenvalue weighted by Crippen LogP contribution is -2.41. The summed E-state index contributed by atoms with van der Waals surface area (Å²) < 4.78 is 0. The minimum absolute atomic E-state index is 0.0314. The zero-order valence-corrected chi connectivity index (χ0v) is 16.3. The van der Waals surface area contributed by atoms with Gasteiger partial charge in [0.15, 0.2) is 0 Å². The number of carboxylic acids is 1. The molecular formula is C19H27ClN4O3. The zero-order valence-electron chi connectivity index (χ0n) is 15.5. The first-order valence-corrected chi connectivity index (χ1v) is 9.79. The minimum atomic E-state index is -0.819. The van der Waals surface area contributed by atoms with Gasteiger partial charge in [-0.25, -0.2) is 5.43 Å². The molecule has 1 aromatic carbocycles. The van der Waals surface area contributed by atoms with E-state index in [4.69, 9.17) is 16.7 Å². The van der Waals surface area contributed by atoms with Crippen molar-refractivity contribution in [1.82, 2.24) is 20.7 Å². The number of aliphatic carboxylic acids is 1. The highest BCUT2D eigenvalue weighted by Crippen LogP contribution is 2.32. The van der Waals surface area contributed by atoms with Crippen molar-refractivity contribution >= 4 is 23.5 Å². The minimum Gasteiger partial charge on any atom is -0.480 e. The van der Waals surface area contributed by atoms with Gasteiger partial charge in [0.2, 0.25) is 5.91 Å². The molecule has 7 nitrogen and oxygen atoms in total. The zero-order chi connectivity index (χ0) is 19.4. The van der Waals surface area contributed by atoms with Crippen LogP contribution in [0.2, 0.25) is 5.02 Å². The Kier molecular flexibility index (Phi) is 6.70. The maximum absolute atomic E-state index is 13.2. The second kappa shape index (κ2) is 9.01. The molecule has 2 aliphatic rings. The molecule has 1 amide bonds. The Balaban J connectivity index is 1.65. The van der Waals surface area contributed by atoms with E-state index in [1.165, 1.54) is 0 Å². The van der Waals surface area contributed by atoms with Crippen LogP contribution in [0.15, 0.2) is 24.3 Å². The average Bonchev–Trinajstić information content (AvgIpc) is 2.97. The summed E-state index contributed by atoms with van der Waals surface area (Å²) in [5.41, 5.74) is 7.22. The van der Waals surface area contributed by atoms with Crippen molar-refractivity contribution in [2.45, 2.75) is 31.3 Å². The Morgan fingerprint density at radius 2 is 2.07 bits per heavy atom. The maximum Gasteiger partial charge on any atom is 0.317 e. The van der Waals surface area contributed by atoms with Gasteiger partial charge in [-0.2, -0.15) is 0 Å². The number of benzene rings is 1. The molecular weight excluding hydrogens is 368 g/mol. The fourth-order valence-corrected chi connectivity index (χ4v) is 4.32.